The number of benzene rings is 3. The smallest absolute Gasteiger partial charge is 0.335 e. The molecule has 1 atom stereocenters. The van der Waals surface area contributed by atoms with Crippen LogP contribution in [0, 0.1) is 0 Å². The van der Waals surface area contributed by atoms with Crippen molar-refractivity contribution in [3.05, 3.63) is 126 Å². The lowest BCUT2D eigenvalue weighted by atomic mass is 9.94. The van der Waals surface area contributed by atoms with Crippen molar-refractivity contribution in [2.24, 2.45) is 4.99 Å². The molecule has 5 rings (SSSR count). The zero-order chi connectivity index (χ0) is 31.4. The molecule has 226 valence electrons. The monoisotopic (exact) mass is 611 g/mol. The van der Waals surface area contributed by atoms with Gasteiger partial charge >= 0.3 is 5.97 Å². The predicted octanol–water partition coefficient (Wildman–Crippen LogP) is 4.39. The van der Waals surface area contributed by atoms with E-state index >= 15 is 0 Å². The summed E-state index contributed by atoms with van der Waals surface area (Å²) in [5.41, 5.74) is 3.37. The summed E-state index contributed by atoms with van der Waals surface area (Å²) in [7, 11) is 1.58. The maximum absolute atomic E-state index is 14.0. The third-order valence-electron chi connectivity index (χ3n) is 7.52. The average Bonchev–Trinajstić information content (AvgIpc) is 3.34. The molecule has 0 saturated carbocycles. The van der Waals surface area contributed by atoms with Crippen LogP contribution < -0.4 is 24.4 Å². The Labute approximate surface area is 258 Å². The van der Waals surface area contributed by atoms with Gasteiger partial charge in [0.15, 0.2) is 4.80 Å². The van der Waals surface area contributed by atoms with E-state index in [0.717, 1.165) is 11.1 Å². The first-order valence-electron chi connectivity index (χ1n) is 14.3. The summed E-state index contributed by atoms with van der Waals surface area (Å²) >= 11 is 1.28. The lowest BCUT2D eigenvalue weighted by molar-refractivity contribution is -0.127. The predicted molar refractivity (Wildman–Crippen MR) is 169 cm³/mol. The number of rotatable bonds is 10. The van der Waals surface area contributed by atoms with E-state index < -0.39 is 12.0 Å². The number of thiazole rings is 1. The number of hydrogen-bond acceptors (Lipinski definition) is 7. The molecule has 0 unspecified atom stereocenters. The Morgan fingerprint density at radius 2 is 1.70 bits per heavy atom. The first kappa shape index (κ1) is 30.5. The minimum absolute atomic E-state index is 0.158. The summed E-state index contributed by atoms with van der Waals surface area (Å²) in [6.07, 6.45) is 1.81. The van der Waals surface area contributed by atoms with Gasteiger partial charge in [-0.05, 0) is 68.3 Å². The summed E-state index contributed by atoms with van der Waals surface area (Å²) < 4.78 is 13.6. The van der Waals surface area contributed by atoms with Gasteiger partial charge in [-0.1, -0.05) is 53.8 Å². The largest absolute Gasteiger partial charge is 0.496 e. The molecule has 1 N–H and O–H groups in total. The number of hydrogen-bond donors (Lipinski definition) is 1. The van der Waals surface area contributed by atoms with Gasteiger partial charge in [0.1, 0.15) is 24.1 Å². The van der Waals surface area contributed by atoms with Crippen molar-refractivity contribution < 1.29 is 24.2 Å². The second kappa shape index (κ2) is 13.1. The number of aromatic nitrogens is 1. The molecule has 0 aliphatic carbocycles. The molecular weight excluding hydrogens is 578 g/mol. The van der Waals surface area contributed by atoms with E-state index in [1.54, 1.807) is 40.8 Å². The topological polar surface area (TPSA) is 110 Å². The Hall–Kier alpha value is -4.96. The van der Waals surface area contributed by atoms with Crippen molar-refractivity contribution in [3.8, 4) is 11.5 Å². The minimum atomic E-state index is -0.973. The molecule has 44 heavy (non-hydrogen) atoms. The molecule has 4 aromatic rings. The zero-order valence-electron chi connectivity index (χ0n) is 24.9. The van der Waals surface area contributed by atoms with Crippen molar-refractivity contribution in [3.63, 3.8) is 0 Å². The minimum Gasteiger partial charge on any atom is -0.496 e. The molecule has 2 heterocycles. The molecule has 1 aromatic heterocycles. The standard InChI is InChI=1S/C34H33N3O6S/c1-5-36(6-2)32(39)29-21(3)35-34-37(30(29)26-9-7-8-10-27(26)42-4)31(38)28(44-34)19-22-13-17-25(18-14-22)43-20-23-11-15-24(16-12-23)33(40)41/h7-19,30H,5-6,20H2,1-4H3,(H,40,41)/b28-19+/t30-/m1/s1. The molecule has 0 bridgehead atoms. The van der Waals surface area contributed by atoms with Gasteiger partial charge in [-0.15, -0.1) is 0 Å². The third-order valence-corrected chi connectivity index (χ3v) is 8.50. The van der Waals surface area contributed by atoms with Crippen LogP contribution in [-0.2, 0) is 11.4 Å². The van der Waals surface area contributed by atoms with Crippen LogP contribution in [0.1, 0.15) is 53.9 Å². The van der Waals surface area contributed by atoms with E-state index in [4.69, 9.17) is 19.6 Å². The summed E-state index contributed by atoms with van der Waals surface area (Å²) in [6, 6.07) is 20.6. The molecule has 0 spiro atoms. The maximum atomic E-state index is 14.0. The molecule has 10 heteroatoms. The van der Waals surface area contributed by atoms with Gasteiger partial charge in [-0.2, -0.15) is 0 Å². The number of allylic oxidation sites excluding steroid dienone is 1. The van der Waals surface area contributed by atoms with Gasteiger partial charge in [-0.25, -0.2) is 9.79 Å². The zero-order valence-corrected chi connectivity index (χ0v) is 25.8. The summed E-state index contributed by atoms with van der Waals surface area (Å²) in [6.45, 7) is 7.03. The highest BCUT2D eigenvalue weighted by Gasteiger charge is 2.35. The number of methoxy groups -OCH3 is 1. The van der Waals surface area contributed by atoms with E-state index in [1.165, 1.54) is 11.3 Å². The van der Waals surface area contributed by atoms with Gasteiger partial charge in [0.05, 0.1) is 28.5 Å². The SMILES string of the molecule is CCN(CC)C(=O)C1=C(C)N=c2s/c(=C/c3ccc(OCc4ccc(C(=O)O)cc4)cc3)c(=O)n2[C@@H]1c1ccccc1OC. The van der Waals surface area contributed by atoms with Gasteiger partial charge in [0.2, 0.25) is 0 Å². The Morgan fingerprint density at radius 1 is 1.02 bits per heavy atom. The summed E-state index contributed by atoms with van der Waals surface area (Å²) in [5.74, 6) is 0.0895. The van der Waals surface area contributed by atoms with Crippen LogP contribution in [0.5, 0.6) is 11.5 Å². The highest BCUT2D eigenvalue weighted by atomic mass is 32.1. The first-order chi connectivity index (χ1) is 21.2. The Morgan fingerprint density at radius 3 is 2.34 bits per heavy atom. The van der Waals surface area contributed by atoms with Gasteiger partial charge in [0.25, 0.3) is 11.5 Å². The van der Waals surface area contributed by atoms with Gasteiger partial charge in [0, 0.05) is 18.7 Å². The molecule has 1 amide bonds. The summed E-state index contributed by atoms with van der Waals surface area (Å²) in [5, 5.41) is 9.07. The number of aromatic carboxylic acids is 1. The van der Waals surface area contributed by atoms with Crippen LogP contribution in [0.3, 0.4) is 0 Å². The fourth-order valence-corrected chi connectivity index (χ4v) is 6.23. The molecule has 0 saturated heterocycles. The second-order valence-corrected chi connectivity index (χ2v) is 11.2. The van der Waals surface area contributed by atoms with Crippen molar-refractivity contribution >= 4 is 29.3 Å². The summed E-state index contributed by atoms with van der Waals surface area (Å²) in [4.78, 5) is 45.9. The third kappa shape index (κ3) is 6.07. The number of ether oxygens (including phenoxy) is 2. The van der Waals surface area contributed by atoms with Crippen molar-refractivity contribution in [1.29, 1.82) is 0 Å². The molecule has 9 nitrogen and oxygen atoms in total. The fraction of sp³-hybridized carbons (Fsp3) is 0.235. The van der Waals surface area contributed by atoms with Crippen LogP contribution in [0.4, 0.5) is 0 Å². The number of likely N-dealkylation sites (N-methyl/N-ethyl adjacent to an activating group) is 1. The average molecular weight is 612 g/mol. The molecular formula is C34H33N3O6S. The van der Waals surface area contributed by atoms with Crippen molar-refractivity contribution in [2.45, 2.75) is 33.4 Å². The molecule has 3 aromatic carbocycles. The van der Waals surface area contributed by atoms with Gasteiger partial charge < -0.3 is 19.5 Å². The highest BCUT2D eigenvalue weighted by molar-refractivity contribution is 7.07. The lowest BCUT2D eigenvalue weighted by Gasteiger charge is -2.29. The molecule has 0 fully saturated rings. The van der Waals surface area contributed by atoms with E-state index in [2.05, 4.69) is 0 Å². The normalized spacial score (nSPS) is 14.5. The van der Waals surface area contributed by atoms with E-state index in [1.807, 2.05) is 75.4 Å². The first-order valence-corrected chi connectivity index (χ1v) is 15.1. The van der Waals surface area contributed by atoms with Crippen LogP contribution in [0.2, 0.25) is 0 Å². The van der Waals surface area contributed by atoms with E-state index in [0.29, 0.717) is 50.8 Å². The molecule has 0 radical (unpaired) electrons. The van der Waals surface area contributed by atoms with Gasteiger partial charge in [-0.3, -0.25) is 14.2 Å². The quantitative estimate of drug-likeness (QED) is 0.285. The number of fused-ring (bicyclic) bond motifs is 1. The molecule has 1 aliphatic heterocycles. The number of amides is 1. The Balaban J connectivity index is 1.49. The van der Waals surface area contributed by atoms with Crippen molar-refractivity contribution in [1.82, 2.24) is 9.47 Å². The number of carbonyl (C=O) groups excluding carboxylic acids is 1. The number of carbonyl (C=O) groups is 2. The van der Waals surface area contributed by atoms with Crippen LogP contribution >= 0.6 is 11.3 Å². The van der Waals surface area contributed by atoms with Crippen LogP contribution in [0.25, 0.3) is 6.08 Å². The Kier molecular flexibility index (Phi) is 9.10. The number of carboxylic acids is 1. The van der Waals surface area contributed by atoms with E-state index in [-0.39, 0.29) is 23.6 Å². The Bertz CT molecular complexity index is 1900. The van der Waals surface area contributed by atoms with Crippen LogP contribution in [0.15, 0.2) is 93.9 Å². The number of para-hydroxylation sites is 1. The van der Waals surface area contributed by atoms with Crippen LogP contribution in [-0.4, -0.2) is 46.6 Å². The number of carboxylic acid groups (broad SMARTS) is 1. The highest BCUT2D eigenvalue weighted by Crippen LogP contribution is 2.36. The van der Waals surface area contributed by atoms with Crippen molar-refractivity contribution in [2.75, 3.05) is 20.2 Å². The lowest BCUT2D eigenvalue weighted by Crippen LogP contribution is -2.43. The fourth-order valence-electron chi connectivity index (χ4n) is 5.18. The second-order valence-electron chi connectivity index (χ2n) is 10.2. The molecule has 1 aliphatic rings. The number of nitrogens with zero attached hydrogens (tertiary/aromatic N) is 3. The van der Waals surface area contributed by atoms with E-state index in [9.17, 15) is 14.4 Å². The maximum Gasteiger partial charge on any atom is 0.335 e.